The SMILES string of the molecule is NC(=O)CCC1(c2ccc(Cl)cc2)c2ccccc2-c2nccn21. The molecule has 0 radical (unpaired) electrons. The van der Waals surface area contributed by atoms with E-state index >= 15 is 0 Å². The fourth-order valence-electron chi connectivity index (χ4n) is 3.70. The summed E-state index contributed by atoms with van der Waals surface area (Å²) < 4.78 is 2.14. The van der Waals surface area contributed by atoms with Crippen LogP contribution in [-0.2, 0) is 10.3 Å². The molecule has 1 amide bonds. The lowest BCUT2D eigenvalue weighted by atomic mass is 9.79. The lowest BCUT2D eigenvalue weighted by Crippen LogP contribution is -2.34. The standard InChI is InChI=1S/C19H16ClN3O/c20-14-7-5-13(6-8-14)19(10-9-17(21)24)16-4-2-1-3-15(16)18-22-11-12-23(18)19/h1-8,11-12H,9-10H2,(H2,21,24). The van der Waals surface area contributed by atoms with Gasteiger partial charge in [0.05, 0.1) is 5.54 Å². The zero-order valence-electron chi connectivity index (χ0n) is 12.9. The summed E-state index contributed by atoms with van der Waals surface area (Å²) in [5, 5.41) is 0.681. The van der Waals surface area contributed by atoms with Gasteiger partial charge in [0.15, 0.2) is 0 Å². The molecule has 24 heavy (non-hydrogen) atoms. The fourth-order valence-corrected chi connectivity index (χ4v) is 3.83. The van der Waals surface area contributed by atoms with Crippen molar-refractivity contribution in [2.45, 2.75) is 18.4 Å². The quantitative estimate of drug-likeness (QED) is 0.791. The number of primary amides is 1. The lowest BCUT2D eigenvalue weighted by molar-refractivity contribution is -0.118. The first kappa shape index (κ1) is 15.0. The van der Waals surface area contributed by atoms with Crippen molar-refractivity contribution in [1.82, 2.24) is 9.55 Å². The van der Waals surface area contributed by atoms with Crippen molar-refractivity contribution in [3.63, 3.8) is 0 Å². The number of nitrogens with two attached hydrogens (primary N) is 1. The molecule has 0 fully saturated rings. The number of rotatable bonds is 4. The van der Waals surface area contributed by atoms with Gasteiger partial charge in [0, 0.05) is 29.4 Å². The molecule has 1 aliphatic rings. The normalized spacial score (nSPS) is 18.2. The summed E-state index contributed by atoms with van der Waals surface area (Å²) in [5.74, 6) is 0.597. The van der Waals surface area contributed by atoms with Crippen LogP contribution in [0, 0.1) is 0 Å². The highest BCUT2D eigenvalue weighted by Crippen LogP contribution is 2.49. The Balaban J connectivity index is 2.00. The first-order chi connectivity index (χ1) is 11.6. The van der Waals surface area contributed by atoms with E-state index in [1.807, 2.05) is 42.6 Å². The third-order valence-electron chi connectivity index (χ3n) is 4.72. The minimum atomic E-state index is -0.498. The maximum absolute atomic E-state index is 11.5. The second-order valence-corrected chi connectivity index (χ2v) is 6.44. The molecule has 2 N–H and O–H groups in total. The van der Waals surface area contributed by atoms with Gasteiger partial charge >= 0.3 is 0 Å². The van der Waals surface area contributed by atoms with E-state index in [2.05, 4.69) is 21.7 Å². The first-order valence-electron chi connectivity index (χ1n) is 7.81. The van der Waals surface area contributed by atoms with Crippen molar-refractivity contribution < 1.29 is 4.79 Å². The van der Waals surface area contributed by atoms with Gasteiger partial charge in [-0.25, -0.2) is 4.98 Å². The molecular formula is C19H16ClN3O. The van der Waals surface area contributed by atoms with Crippen molar-refractivity contribution in [3.05, 3.63) is 77.1 Å². The maximum atomic E-state index is 11.5. The summed E-state index contributed by atoms with van der Waals surface area (Å²) in [6, 6.07) is 15.9. The Hall–Kier alpha value is -2.59. The smallest absolute Gasteiger partial charge is 0.217 e. The van der Waals surface area contributed by atoms with Crippen LogP contribution in [0.2, 0.25) is 5.02 Å². The highest BCUT2D eigenvalue weighted by molar-refractivity contribution is 6.30. The van der Waals surface area contributed by atoms with Gasteiger partial charge in [-0.3, -0.25) is 4.79 Å². The Morgan fingerprint density at radius 2 is 1.92 bits per heavy atom. The van der Waals surface area contributed by atoms with Crippen LogP contribution in [0.3, 0.4) is 0 Å². The number of imidazole rings is 1. The van der Waals surface area contributed by atoms with E-state index in [4.69, 9.17) is 17.3 Å². The molecule has 0 saturated carbocycles. The molecule has 2 heterocycles. The van der Waals surface area contributed by atoms with Gasteiger partial charge in [0.1, 0.15) is 5.82 Å². The average molecular weight is 338 g/mol. The van der Waals surface area contributed by atoms with Crippen LogP contribution in [0.15, 0.2) is 60.9 Å². The van der Waals surface area contributed by atoms with Crippen molar-refractivity contribution >= 4 is 17.5 Å². The Bertz CT molecular complexity index is 916. The van der Waals surface area contributed by atoms with Gasteiger partial charge in [0.2, 0.25) is 5.91 Å². The predicted molar refractivity (Wildman–Crippen MR) is 93.7 cm³/mol. The Labute approximate surface area is 144 Å². The Morgan fingerprint density at radius 1 is 1.17 bits per heavy atom. The van der Waals surface area contributed by atoms with E-state index in [1.54, 1.807) is 6.20 Å². The molecule has 4 nitrogen and oxygen atoms in total. The molecule has 1 aromatic heterocycles. The fraction of sp³-hybridized carbons (Fsp3) is 0.158. The Morgan fingerprint density at radius 3 is 2.67 bits per heavy atom. The van der Waals surface area contributed by atoms with E-state index < -0.39 is 5.54 Å². The molecule has 0 spiro atoms. The predicted octanol–water partition coefficient (Wildman–Crippen LogP) is 3.57. The molecule has 0 aliphatic carbocycles. The van der Waals surface area contributed by atoms with Crippen LogP contribution < -0.4 is 5.73 Å². The van der Waals surface area contributed by atoms with E-state index in [0.717, 1.165) is 22.5 Å². The van der Waals surface area contributed by atoms with Crippen molar-refractivity contribution in [2.75, 3.05) is 0 Å². The van der Waals surface area contributed by atoms with Crippen LogP contribution in [0.4, 0.5) is 0 Å². The molecule has 2 aromatic carbocycles. The number of nitrogens with zero attached hydrogens (tertiary/aromatic N) is 2. The number of hydrogen-bond donors (Lipinski definition) is 1. The van der Waals surface area contributed by atoms with Crippen LogP contribution in [0.25, 0.3) is 11.4 Å². The van der Waals surface area contributed by atoms with Crippen molar-refractivity contribution in [1.29, 1.82) is 0 Å². The minimum Gasteiger partial charge on any atom is -0.370 e. The summed E-state index contributed by atoms with van der Waals surface area (Å²) in [5.41, 5.74) is 8.25. The number of carbonyl (C=O) groups is 1. The zero-order chi connectivity index (χ0) is 16.7. The molecule has 120 valence electrons. The largest absolute Gasteiger partial charge is 0.370 e. The van der Waals surface area contributed by atoms with Crippen LogP contribution in [0.5, 0.6) is 0 Å². The van der Waals surface area contributed by atoms with Gasteiger partial charge in [-0.05, 0) is 29.7 Å². The molecule has 1 unspecified atom stereocenters. The molecule has 0 bridgehead atoms. The summed E-state index contributed by atoms with van der Waals surface area (Å²) in [6.07, 6.45) is 4.62. The second-order valence-electron chi connectivity index (χ2n) is 6.00. The number of benzene rings is 2. The number of halogens is 1. The number of fused-ring (bicyclic) bond motifs is 3. The summed E-state index contributed by atoms with van der Waals surface area (Å²) in [6.45, 7) is 0. The number of carbonyl (C=O) groups excluding carboxylic acids is 1. The molecule has 0 saturated heterocycles. The molecule has 1 atom stereocenters. The minimum absolute atomic E-state index is 0.286. The van der Waals surface area contributed by atoms with Gasteiger partial charge in [0.25, 0.3) is 0 Å². The highest BCUT2D eigenvalue weighted by Gasteiger charge is 2.44. The summed E-state index contributed by atoms with van der Waals surface area (Å²) >= 11 is 6.08. The third-order valence-corrected chi connectivity index (χ3v) is 4.97. The Kier molecular flexibility index (Phi) is 3.43. The second kappa shape index (κ2) is 5.49. The van der Waals surface area contributed by atoms with E-state index in [9.17, 15) is 4.79 Å². The number of aromatic nitrogens is 2. The van der Waals surface area contributed by atoms with Crippen LogP contribution in [-0.4, -0.2) is 15.5 Å². The third kappa shape index (κ3) is 2.07. The van der Waals surface area contributed by atoms with Gasteiger partial charge < -0.3 is 10.3 Å². The molecule has 5 heteroatoms. The summed E-state index contributed by atoms with van der Waals surface area (Å²) in [4.78, 5) is 16.0. The van der Waals surface area contributed by atoms with Crippen molar-refractivity contribution in [3.8, 4) is 11.4 Å². The topological polar surface area (TPSA) is 60.9 Å². The van der Waals surface area contributed by atoms with E-state index in [0.29, 0.717) is 11.4 Å². The zero-order valence-corrected chi connectivity index (χ0v) is 13.7. The van der Waals surface area contributed by atoms with E-state index in [-0.39, 0.29) is 12.3 Å². The van der Waals surface area contributed by atoms with Gasteiger partial charge in [-0.1, -0.05) is 48.0 Å². The first-order valence-corrected chi connectivity index (χ1v) is 8.19. The number of hydrogen-bond acceptors (Lipinski definition) is 2. The van der Waals surface area contributed by atoms with Crippen LogP contribution in [0.1, 0.15) is 24.0 Å². The van der Waals surface area contributed by atoms with Crippen molar-refractivity contribution in [2.24, 2.45) is 5.73 Å². The molecule has 1 aliphatic heterocycles. The summed E-state index contributed by atoms with van der Waals surface area (Å²) in [7, 11) is 0. The van der Waals surface area contributed by atoms with Gasteiger partial charge in [-0.15, -0.1) is 0 Å². The lowest BCUT2D eigenvalue weighted by Gasteiger charge is -2.33. The highest BCUT2D eigenvalue weighted by atomic mass is 35.5. The maximum Gasteiger partial charge on any atom is 0.217 e. The number of amides is 1. The average Bonchev–Trinajstić information content (AvgIpc) is 3.15. The molecular weight excluding hydrogens is 322 g/mol. The van der Waals surface area contributed by atoms with Crippen LogP contribution >= 0.6 is 11.6 Å². The van der Waals surface area contributed by atoms with Gasteiger partial charge in [-0.2, -0.15) is 0 Å². The molecule has 3 aromatic rings. The monoisotopic (exact) mass is 337 g/mol. The van der Waals surface area contributed by atoms with E-state index in [1.165, 1.54) is 0 Å². The molecule has 4 rings (SSSR count).